The molecule has 0 aliphatic carbocycles. The van der Waals surface area contributed by atoms with Gasteiger partial charge in [0.15, 0.2) is 17.2 Å². The minimum Gasteiger partial charge on any atom is -0.740 e. The van der Waals surface area contributed by atoms with Gasteiger partial charge in [0, 0.05) is 22.2 Å². The molecule has 4 aromatic carbocycles. The molecule has 0 spiro atoms. The van der Waals surface area contributed by atoms with Crippen molar-refractivity contribution < 1.29 is 51.8 Å². The first-order valence-corrected chi connectivity index (χ1v) is 22.7. The van der Waals surface area contributed by atoms with Crippen LogP contribution in [0.25, 0.3) is 78.9 Å². The van der Waals surface area contributed by atoms with E-state index >= 15 is 0 Å². The first-order valence-electron chi connectivity index (χ1n) is 18.7. The number of benzene rings is 4. The van der Waals surface area contributed by atoms with E-state index in [4.69, 9.17) is 26.7 Å². The summed E-state index contributed by atoms with van der Waals surface area (Å²) in [6.07, 6.45) is 3.27. The molecule has 0 amide bonds. The number of aromatic amines is 2. The van der Waals surface area contributed by atoms with Crippen molar-refractivity contribution in [1.82, 2.24) is 19.9 Å². The van der Waals surface area contributed by atoms with Crippen LogP contribution in [0.4, 0.5) is 0 Å². The van der Waals surface area contributed by atoms with Crippen molar-refractivity contribution in [1.29, 1.82) is 0 Å². The van der Waals surface area contributed by atoms with E-state index in [1.807, 2.05) is 66.7 Å². The molecule has 3 aromatic heterocycles. The van der Waals surface area contributed by atoms with Gasteiger partial charge in [-0.05, 0) is 46.5 Å². The molecule has 0 radical (unpaired) electrons. The van der Waals surface area contributed by atoms with E-state index in [9.17, 15) is 35.0 Å². The van der Waals surface area contributed by atoms with Crippen LogP contribution in [0.2, 0.25) is 0 Å². The molecule has 322 valence electrons. The summed E-state index contributed by atoms with van der Waals surface area (Å²) in [4.78, 5) is 16.1. The van der Waals surface area contributed by atoms with Gasteiger partial charge in [-0.15, -0.1) is 0 Å². The third-order valence-corrected chi connectivity index (χ3v) is 11.1. The molecule has 0 saturated carbocycles. The number of hydrogen-bond acceptors (Lipinski definition) is 14. The molecular formula is C44H26N4O12S4-4. The molecule has 2 aliphatic heterocycles. The van der Waals surface area contributed by atoms with E-state index in [0.717, 1.165) is 16.7 Å². The van der Waals surface area contributed by atoms with Gasteiger partial charge >= 0.3 is 0 Å². The van der Waals surface area contributed by atoms with Crippen LogP contribution in [0.3, 0.4) is 0 Å². The van der Waals surface area contributed by atoms with E-state index in [-0.39, 0.29) is 22.5 Å². The van der Waals surface area contributed by atoms with Gasteiger partial charge in [0.1, 0.15) is 51.0 Å². The highest BCUT2D eigenvalue weighted by Crippen LogP contribution is 2.50. The van der Waals surface area contributed by atoms with Crippen molar-refractivity contribution >= 4 is 91.0 Å². The molecule has 5 heterocycles. The van der Waals surface area contributed by atoms with Gasteiger partial charge in [-0.3, -0.25) is 0 Å². The van der Waals surface area contributed by atoms with Gasteiger partial charge in [0.2, 0.25) is 11.5 Å². The number of nitrogens with zero attached hydrogens (tertiary/aromatic N) is 2. The van der Waals surface area contributed by atoms with Crippen molar-refractivity contribution in [3.05, 3.63) is 162 Å². The van der Waals surface area contributed by atoms with Crippen molar-refractivity contribution in [2.75, 3.05) is 0 Å². The van der Waals surface area contributed by atoms with E-state index < -0.39 is 79.7 Å². The third kappa shape index (κ3) is 8.46. The molecule has 7 aromatic rings. The van der Waals surface area contributed by atoms with Gasteiger partial charge in [-0.25, -0.2) is 26.8 Å². The van der Waals surface area contributed by atoms with Crippen LogP contribution < -0.4 is 12.5 Å². The molecule has 2 N–H and O–H groups in total. The molecule has 2 aliphatic rings. The standard InChI is InChI=1S/C44H30N4O12S4/c49-61(50)57-41-32-24-30-22-21-29(45-30)23-31-33(25-13-5-1-6-14-25)34(26-15-7-2-8-16-26)37(46-31)35(27-17-9-3-10-18-27)38-36(28-19-11-4-12-20-28)42(58-62(51)52)39(48-38)43(59-63(53)54)40(47-32)44(41)60-64(55)56/h1-24,46-47H,(H,49,50)(H,51,52)(H,53,54)(H,55,56)/p-4. The van der Waals surface area contributed by atoms with Gasteiger partial charge in [-0.2, -0.15) is 0 Å². The maximum Gasteiger partial charge on any atom is 0.212 e. The van der Waals surface area contributed by atoms with Crippen LogP contribution >= 0.6 is 0 Å². The first-order chi connectivity index (χ1) is 31.0. The second-order valence-electron chi connectivity index (χ2n) is 13.7. The normalized spacial score (nSPS) is 14.1. The summed E-state index contributed by atoms with van der Waals surface area (Å²) >= 11 is -13.7. The molecule has 9 rings (SSSR count). The third-order valence-electron chi connectivity index (χ3n) is 9.92. The van der Waals surface area contributed by atoms with Crippen LogP contribution in [-0.2, 0) is 49.6 Å². The van der Waals surface area contributed by atoms with Crippen molar-refractivity contribution in [3.63, 3.8) is 0 Å². The molecule has 64 heavy (non-hydrogen) atoms. The van der Waals surface area contributed by atoms with Gasteiger partial charge in [0.25, 0.3) is 0 Å². The molecule has 0 saturated heterocycles. The fourth-order valence-corrected chi connectivity index (χ4v) is 8.77. The fourth-order valence-electron chi connectivity index (χ4n) is 7.58. The van der Waals surface area contributed by atoms with Gasteiger partial charge in [0.05, 0.1) is 33.7 Å². The molecule has 8 bridgehead atoms. The van der Waals surface area contributed by atoms with Crippen LogP contribution in [-0.4, -0.2) is 55.0 Å². The predicted molar refractivity (Wildman–Crippen MR) is 237 cm³/mol. The summed E-state index contributed by atoms with van der Waals surface area (Å²) in [7, 11) is 0. The Balaban J connectivity index is 1.63. The topological polar surface area (TPSA) is 255 Å². The zero-order valence-electron chi connectivity index (χ0n) is 32.3. The van der Waals surface area contributed by atoms with Gasteiger partial charge in [-0.1, -0.05) is 121 Å². The number of rotatable bonds is 12. The number of fused-ring (bicyclic) bond motifs is 8. The van der Waals surface area contributed by atoms with Gasteiger partial charge < -0.3 is 44.9 Å². The SMILES string of the molecule is O=S([O-])OC1=C(c2ccccc2)c2nc1c(OS(=O)[O-])c1[nH]c(cc3nc(cc4[nH]c(c2-c2ccccc2)c(-c2ccccc2)c4-c2ccccc2)C=C3)c(OS(=O)[O-])c1OS(=O)[O-]. The monoisotopic (exact) mass is 930 g/mol. The molecule has 20 heteroatoms. The smallest absolute Gasteiger partial charge is 0.212 e. The fraction of sp³-hybridized carbons (Fsp3) is 0. The van der Waals surface area contributed by atoms with Crippen LogP contribution in [0.1, 0.15) is 28.3 Å². The molecule has 4 unspecified atom stereocenters. The molecule has 16 nitrogen and oxygen atoms in total. The number of aromatic nitrogens is 4. The number of H-pyrrole nitrogens is 2. The molecule has 4 atom stereocenters. The summed E-state index contributed by atoms with van der Waals surface area (Å²) in [5.74, 6) is -3.13. The summed E-state index contributed by atoms with van der Waals surface area (Å²) in [5.41, 5.74) is 4.38. The van der Waals surface area contributed by atoms with E-state index in [1.54, 1.807) is 72.8 Å². The average molecular weight is 931 g/mol. The Morgan fingerprint density at radius 3 is 1.39 bits per heavy atom. The lowest BCUT2D eigenvalue weighted by atomic mass is 9.91. The van der Waals surface area contributed by atoms with Crippen molar-refractivity contribution in [2.45, 2.75) is 0 Å². The Labute approximate surface area is 373 Å². The summed E-state index contributed by atoms with van der Waals surface area (Å²) in [5, 5.41) is 0. The minimum atomic E-state index is -3.51. The predicted octanol–water partition coefficient (Wildman–Crippen LogP) is 7.73. The number of nitrogens with one attached hydrogen (secondary N) is 2. The summed E-state index contributed by atoms with van der Waals surface area (Å²) in [6.45, 7) is 0. The lowest BCUT2D eigenvalue weighted by Crippen LogP contribution is -2.05. The Kier molecular flexibility index (Phi) is 12.0. The lowest BCUT2D eigenvalue weighted by Gasteiger charge is -2.16. The second kappa shape index (κ2) is 18.1. The first kappa shape index (κ1) is 42.4. The minimum absolute atomic E-state index is 0.0217. The van der Waals surface area contributed by atoms with E-state index in [2.05, 4.69) is 9.97 Å². The zero-order chi connectivity index (χ0) is 44.5. The maximum atomic E-state index is 12.8. The molecule has 0 fully saturated rings. The number of hydrogen-bond donors (Lipinski definition) is 2. The van der Waals surface area contributed by atoms with Crippen LogP contribution in [0.15, 0.2) is 133 Å². The Bertz CT molecular complexity index is 3290. The highest BCUT2D eigenvalue weighted by Gasteiger charge is 2.34. The quantitative estimate of drug-likeness (QED) is 0.111. The lowest BCUT2D eigenvalue weighted by molar-refractivity contribution is 0.414. The molecular weight excluding hydrogens is 905 g/mol. The second-order valence-corrected chi connectivity index (χ2v) is 15.9. The zero-order valence-corrected chi connectivity index (χ0v) is 35.5. The average Bonchev–Trinajstić information content (AvgIpc) is 4.05. The van der Waals surface area contributed by atoms with Crippen molar-refractivity contribution in [3.8, 4) is 50.6 Å². The van der Waals surface area contributed by atoms with Crippen molar-refractivity contribution in [2.24, 2.45) is 0 Å². The van der Waals surface area contributed by atoms with E-state index in [1.165, 1.54) is 6.07 Å². The van der Waals surface area contributed by atoms with E-state index in [0.29, 0.717) is 39.0 Å². The highest BCUT2D eigenvalue weighted by molar-refractivity contribution is 7.75. The Hall–Kier alpha value is -6.88. The Morgan fingerprint density at radius 2 is 0.859 bits per heavy atom. The maximum absolute atomic E-state index is 12.8. The summed E-state index contributed by atoms with van der Waals surface area (Å²) in [6, 6.07) is 39.5. The largest absolute Gasteiger partial charge is 0.740 e. The highest BCUT2D eigenvalue weighted by atomic mass is 32.2. The van der Waals surface area contributed by atoms with Crippen LogP contribution in [0, 0.1) is 0 Å². The summed E-state index contributed by atoms with van der Waals surface area (Å²) < 4.78 is 121. The van der Waals surface area contributed by atoms with Crippen LogP contribution in [0.5, 0.6) is 17.2 Å². The Morgan fingerprint density at radius 1 is 0.422 bits per heavy atom.